The molecular formula is C15H22ClNO. The second-order valence-corrected chi connectivity index (χ2v) is 5.43. The van der Waals surface area contributed by atoms with Crippen molar-refractivity contribution in [2.24, 2.45) is 0 Å². The molecule has 2 unspecified atom stereocenters. The van der Waals surface area contributed by atoms with Crippen molar-refractivity contribution >= 4 is 18.2 Å². The maximum absolute atomic E-state index is 12.6. The van der Waals surface area contributed by atoms with Gasteiger partial charge in [-0.15, -0.1) is 12.4 Å². The lowest BCUT2D eigenvalue weighted by molar-refractivity contribution is -0.131. The van der Waals surface area contributed by atoms with Crippen LogP contribution in [0, 0.1) is 0 Å². The van der Waals surface area contributed by atoms with Crippen LogP contribution in [-0.2, 0) is 10.2 Å². The number of likely N-dealkylation sites (N-methyl/N-ethyl adjacent to an activating group) is 1. The van der Waals surface area contributed by atoms with Gasteiger partial charge in [0.15, 0.2) is 5.78 Å². The first-order valence-electron chi connectivity index (χ1n) is 6.32. The van der Waals surface area contributed by atoms with Gasteiger partial charge in [0.1, 0.15) is 0 Å². The summed E-state index contributed by atoms with van der Waals surface area (Å²) in [6, 6.07) is 10.3. The van der Waals surface area contributed by atoms with Gasteiger partial charge in [-0.25, -0.2) is 0 Å². The molecule has 0 bridgehead atoms. The lowest BCUT2D eigenvalue weighted by atomic mass is 9.68. The number of hydrogen-bond acceptors (Lipinski definition) is 2. The number of Topliss-reactive ketones (excluding diaryl/α,β-unsaturated/α-hetero) is 1. The van der Waals surface area contributed by atoms with Crippen LogP contribution in [0.5, 0.6) is 0 Å². The molecule has 1 saturated carbocycles. The zero-order valence-electron chi connectivity index (χ0n) is 11.3. The number of hydrogen-bond donors (Lipinski definition) is 0. The van der Waals surface area contributed by atoms with E-state index < -0.39 is 0 Å². The quantitative estimate of drug-likeness (QED) is 0.821. The molecule has 2 rings (SSSR count). The van der Waals surface area contributed by atoms with Gasteiger partial charge >= 0.3 is 0 Å². The third-order valence-electron chi connectivity index (χ3n) is 4.04. The zero-order chi connectivity index (χ0) is 12.5. The van der Waals surface area contributed by atoms with Crippen molar-refractivity contribution in [3.05, 3.63) is 35.9 Å². The van der Waals surface area contributed by atoms with Gasteiger partial charge in [-0.3, -0.25) is 9.69 Å². The maximum atomic E-state index is 12.6. The van der Waals surface area contributed by atoms with Gasteiger partial charge in [0, 0.05) is 0 Å². The van der Waals surface area contributed by atoms with Crippen LogP contribution in [0.4, 0.5) is 0 Å². The van der Waals surface area contributed by atoms with Crippen LogP contribution in [0.3, 0.4) is 0 Å². The Morgan fingerprint density at radius 3 is 2.39 bits per heavy atom. The lowest BCUT2D eigenvalue weighted by Gasteiger charge is -2.39. The summed E-state index contributed by atoms with van der Waals surface area (Å²) in [4.78, 5) is 14.7. The molecular weight excluding hydrogens is 246 g/mol. The SMILES string of the molecule is CN(C)C1CCCC(C)(c2ccccc2)C1=O.Cl. The summed E-state index contributed by atoms with van der Waals surface area (Å²) in [5.41, 5.74) is 0.866. The highest BCUT2D eigenvalue weighted by Crippen LogP contribution is 2.37. The molecule has 1 aliphatic carbocycles. The van der Waals surface area contributed by atoms with Crippen LogP contribution < -0.4 is 0 Å². The lowest BCUT2D eigenvalue weighted by Crippen LogP contribution is -2.49. The molecule has 2 nitrogen and oxygen atoms in total. The molecule has 3 heteroatoms. The van der Waals surface area contributed by atoms with Crippen LogP contribution in [0.2, 0.25) is 0 Å². The smallest absolute Gasteiger partial charge is 0.160 e. The highest BCUT2D eigenvalue weighted by atomic mass is 35.5. The fourth-order valence-electron chi connectivity index (χ4n) is 2.86. The van der Waals surface area contributed by atoms with E-state index in [1.807, 2.05) is 32.3 Å². The Hall–Kier alpha value is -0.860. The molecule has 2 atom stereocenters. The first-order valence-corrected chi connectivity index (χ1v) is 6.32. The first-order chi connectivity index (χ1) is 8.05. The Kier molecular flexibility index (Phi) is 4.94. The molecule has 0 heterocycles. The number of halogens is 1. The summed E-state index contributed by atoms with van der Waals surface area (Å²) >= 11 is 0. The predicted molar refractivity (Wildman–Crippen MR) is 77.4 cm³/mol. The largest absolute Gasteiger partial charge is 0.300 e. The van der Waals surface area contributed by atoms with E-state index in [9.17, 15) is 4.79 Å². The highest BCUT2D eigenvalue weighted by molar-refractivity contribution is 5.94. The standard InChI is InChI=1S/C15H21NO.ClH/c1-15(12-8-5-4-6-9-12)11-7-10-13(14(15)17)16(2)3;/h4-6,8-9,13H,7,10-11H2,1-3H3;1H. The van der Waals surface area contributed by atoms with E-state index in [1.54, 1.807) is 0 Å². The van der Waals surface area contributed by atoms with Crippen LogP contribution in [0.25, 0.3) is 0 Å². The second-order valence-electron chi connectivity index (χ2n) is 5.43. The molecule has 1 fully saturated rings. The van der Waals surface area contributed by atoms with Gasteiger partial charge in [-0.05, 0) is 39.4 Å². The van der Waals surface area contributed by atoms with Crippen LogP contribution in [0.1, 0.15) is 31.7 Å². The predicted octanol–water partition coefficient (Wildman–Crippen LogP) is 3.05. The average Bonchev–Trinajstić information content (AvgIpc) is 2.33. The van der Waals surface area contributed by atoms with Crippen molar-refractivity contribution in [1.82, 2.24) is 4.90 Å². The fourth-order valence-corrected chi connectivity index (χ4v) is 2.86. The molecule has 100 valence electrons. The summed E-state index contributed by atoms with van der Waals surface area (Å²) < 4.78 is 0. The molecule has 0 amide bonds. The van der Waals surface area contributed by atoms with Gasteiger partial charge < -0.3 is 0 Å². The molecule has 1 aromatic carbocycles. The number of carbonyl (C=O) groups is 1. The van der Waals surface area contributed by atoms with Gasteiger partial charge in [0.05, 0.1) is 11.5 Å². The van der Waals surface area contributed by atoms with Crippen LogP contribution >= 0.6 is 12.4 Å². The summed E-state index contributed by atoms with van der Waals surface area (Å²) in [6.45, 7) is 2.10. The molecule has 0 N–H and O–H groups in total. The van der Waals surface area contributed by atoms with E-state index in [2.05, 4.69) is 24.0 Å². The third kappa shape index (κ3) is 2.60. The molecule has 0 aliphatic heterocycles. The Labute approximate surface area is 116 Å². The summed E-state index contributed by atoms with van der Waals surface area (Å²) in [5, 5.41) is 0. The van der Waals surface area contributed by atoms with E-state index in [0.29, 0.717) is 5.78 Å². The molecule has 0 spiro atoms. The van der Waals surface area contributed by atoms with Gasteiger partial charge in [0.2, 0.25) is 0 Å². The van der Waals surface area contributed by atoms with E-state index >= 15 is 0 Å². The monoisotopic (exact) mass is 267 g/mol. The summed E-state index contributed by atoms with van der Waals surface area (Å²) in [6.07, 6.45) is 3.09. The van der Waals surface area contributed by atoms with Gasteiger partial charge in [-0.2, -0.15) is 0 Å². The minimum atomic E-state index is -0.297. The normalized spacial score (nSPS) is 28.0. The Morgan fingerprint density at radius 2 is 1.83 bits per heavy atom. The zero-order valence-corrected chi connectivity index (χ0v) is 12.2. The minimum Gasteiger partial charge on any atom is -0.300 e. The number of benzene rings is 1. The fraction of sp³-hybridized carbons (Fsp3) is 0.533. The second kappa shape index (κ2) is 5.85. The molecule has 0 saturated heterocycles. The van der Waals surface area contributed by atoms with Crippen molar-refractivity contribution in [3.8, 4) is 0 Å². The first kappa shape index (κ1) is 15.2. The average molecular weight is 268 g/mol. The summed E-state index contributed by atoms with van der Waals surface area (Å²) in [5.74, 6) is 0.375. The number of carbonyl (C=O) groups excluding carboxylic acids is 1. The Balaban J connectivity index is 0.00000162. The molecule has 0 radical (unpaired) electrons. The van der Waals surface area contributed by atoms with Crippen molar-refractivity contribution in [3.63, 3.8) is 0 Å². The molecule has 1 aliphatic rings. The minimum absolute atomic E-state index is 0. The van der Waals surface area contributed by atoms with Crippen molar-refractivity contribution < 1.29 is 4.79 Å². The molecule has 1 aromatic rings. The Morgan fingerprint density at radius 1 is 1.22 bits per heavy atom. The van der Waals surface area contributed by atoms with E-state index in [-0.39, 0.29) is 23.9 Å². The number of rotatable bonds is 2. The van der Waals surface area contributed by atoms with E-state index in [0.717, 1.165) is 24.8 Å². The Bertz CT molecular complexity index is 404. The van der Waals surface area contributed by atoms with Crippen LogP contribution in [-0.4, -0.2) is 30.8 Å². The highest BCUT2D eigenvalue weighted by Gasteiger charge is 2.42. The van der Waals surface area contributed by atoms with E-state index in [4.69, 9.17) is 0 Å². The molecule has 18 heavy (non-hydrogen) atoms. The number of ketones is 1. The van der Waals surface area contributed by atoms with E-state index in [1.165, 1.54) is 0 Å². The van der Waals surface area contributed by atoms with Crippen molar-refractivity contribution in [2.75, 3.05) is 14.1 Å². The van der Waals surface area contributed by atoms with Crippen molar-refractivity contribution in [2.45, 2.75) is 37.6 Å². The summed E-state index contributed by atoms with van der Waals surface area (Å²) in [7, 11) is 4.00. The third-order valence-corrected chi connectivity index (χ3v) is 4.04. The van der Waals surface area contributed by atoms with Gasteiger partial charge in [-0.1, -0.05) is 36.8 Å². The topological polar surface area (TPSA) is 20.3 Å². The molecule has 0 aromatic heterocycles. The maximum Gasteiger partial charge on any atom is 0.160 e. The van der Waals surface area contributed by atoms with Gasteiger partial charge in [0.25, 0.3) is 0 Å². The van der Waals surface area contributed by atoms with Crippen LogP contribution in [0.15, 0.2) is 30.3 Å². The number of nitrogens with zero attached hydrogens (tertiary/aromatic N) is 1. The van der Waals surface area contributed by atoms with Crippen molar-refractivity contribution in [1.29, 1.82) is 0 Å².